The Balaban J connectivity index is 2.00. The van der Waals surface area contributed by atoms with Gasteiger partial charge in [-0.25, -0.2) is 0 Å². The van der Waals surface area contributed by atoms with E-state index < -0.39 is 23.1 Å². The molecule has 28 heavy (non-hydrogen) atoms. The van der Waals surface area contributed by atoms with Crippen LogP contribution in [0.4, 0.5) is 13.2 Å². The molecular weight excluding hydrogens is 365 g/mol. The first kappa shape index (κ1) is 20.4. The first-order valence-electron chi connectivity index (χ1n) is 9.45. The molecular formula is C22H25F3N2O. The molecule has 3 unspecified atom stereocenters. The van der Waals surface area contributed by atoms with Gasteiger partial charge in [-0.05, 0) is 54.4 Å². The van der Waals surface area contributed by atoms with E-state index in [-0.39, 0.29) is 18.0 Å². The summed E-state index contributed by atoms with van der Waals surface area (Å²) >= 11 is 0. The Hall–Kier alpha value is -2.34. The lowest BCUT2D eigenvalue weighted by atomic mass is 9.59. The maximum Gasteiger partial charge on any atom is 0.416 e. The second-order valence-corrected chi connectivity index (χ2v) is 7.77. The number of rotatable bonds is 4. The Bertz CT molecular complexity index is 851. The third-order valence-corrected chi connectivity index (χ3v) is 6.30. The van der Waals surface area contributed by atoms with E-state index in [4.69, 9.17) is 11.5 Å². The number of hydrogen-bond acceptors (Lipinski definition) is 2. The minimum Gasteiger partial charge on any atom is -0.366 e. The smallest absolute Gasteiger partial charge is 0.366 e. The van der Waals surface area contributed by atoms with Crippen molar-refractivity contribution in [2.45, 2.75) is 43.7 Å². The van der Waals surface area contributed by atoms with Crippen LogP contribution < -0.4 is 11.5 Å². The molecule has 3 atom stereocenters. The summed E-state index contributed by atoms with van der Waals surface area (Å²) in [6.07, 6.45) is -2.14. The number of carbonyl (C=O) groups excluding carboxylic acids is 1. The van der Waals surface area contributed by atoms with Crippen molar-refractivity contribution in [1.82, 2.24) is 0 Å². The van der Waals surface area contributed by atoms with E-state index in [1.165, 1.54) is 11.6 Å². The average molecular weight is 390 g/mol. The molecule has 3 rings (SSSR count). The van der Waals surface area contributed by atoms with Crippen LogP contribution in [-0.2, 0) is 11.6 Å². The van der Waals surface area contributed by atoms with Gasteiger partial charge in [-0.15, -0.1) is 0 Å². The number of amides is 1. The highest BCUT2D eigenvalue weighted by molar-refractivity contribution is 5.95. The Morgan fingerprint density at radius 1 is 1.18 bits per heavy atom. The van der Waals surface area contributed by atoms with Crippen molar-refractivity contribution in [3.63, 3.8) is 0 Å². The SMILES string of the molecule is CC1CC(c2ccccc2)CCC1(CN)c1ccc(C(F)(F)F)cc1C(N)=O. The van der Waals surface area contributed by atoms with Crippen LogP contribution in [-0.4, -0.2) is 12.5 Å². The van der Waals surface area contributed by atoms with Gasteiger partial charge in [0, 0.05) is 17.5 Å². The van der Waals surface area contributed by atoms with Crippen LogP contribution in [0.1, 0.15) is 59.2 Å². The lowest BCUT2D eigenvalue weighted by Gasteiger charge is -2.46. The summed E-state index contributed by atoms with van der Waals surface area (Å²) in [7, 11) is 0. The van der Waals surface area contributed by atoms with E-state index in [1.807, 2.05) is 18.2 Å². The second-order valence-electron chi connectivity index (χ2n) is 7.77. The topological polar surface area (TPSA) is 69.1 Å². The quantitative estimate of drug-likeness (QED) is 0.801. The van der Waals surface area contributed by atoms with Gasteiger partial charge in [0.05, 0.1) is 5.56 Å². The molecule has 0 saturated heterocycles. The predicted octanol–water partition coefficient (Wildman–Crippen LogP) is 4.60. The molecule has 2 aromatic carbocycles. The highest BCUT2D eigenvalue weighted by atomic mass is 19.4. The molecule has 3 nitrogen and oxygen atoms in total. The highest BCUT2D eigenvalue weighted by Crippen LogP contribution is 2.49. The molecule has 0 spiro atoms. The Kier molecular flexibility index (Phi) is 5.53. The number of carbonyl (C=O) groups is 1. The van der Waals surface area contributed by atoms with Crippen LogP contribution in [0.5, 0.6) is 0 Å². The van der Waals surface area contributed by atoms with Gasteiger partial charge in [-0.2, -0.15) is 13.2 Å². The molecule has 0 aromatic heterocycles. The first-order chi connectivity index (χ1) is 13.2. The zero-order chi connectivity index (χ0) is 20.5. The fourth-order valence-corrected chi connectivity index (χ4v) is 4.65. The van der Waals surface area contributed by atoms with Gasteiger partial charge in [0.25, 0.3) is 0 Å². The van der Waals surface area contributed by atoms with Crippen LogP contribution in [0.3, 0.4) is 0 Å². The summed E-state index contributed by atoms with van der Waals surface area (Å²) in [5.41, 5.74) is 11.9. The van der Waals surface area contributed by atoms with Crippen LogP contribution in [0, 0.1) is 5.92 Å². The van der Waals surface area contributed by atoms with E-state index in [0.29, 0.717) is 17.9 Å². The highest BCUT2D eigenvalue weighted by Gasteiger charge is 2.44. The lowest BCUT2D eigenvalue weighted by molar-refractivity contribution is -0.137. The molecule has 0 bridgehead atoms. The van der Waals surface area contributed by atoms with E-state index in [0.717, 1.165) is 25.0 Å². The van der Waals surface area contributed by atoms with E-state index in [2.05, 4.69) is 19.1 Å². The predicted molar refractivity (Wildman–Crippen MR) is 103 cm³/mol. The molecule has 0 heterocycles. The van der Waals surface area contributed by atoms with Gasteiger partial charge in [-0.1, -0.05) is 43.3 Å². The van der Waals surface area contributed by atoms with Gasteiger partial charge < -0.3 is 11.5 Å². The maximum atomic E-state index is 13.1. The van der Waals surface area contributed by atoms with Crippen LogP contribution >= 0.6 is 0 Å². The molecule has 150 valence electrons. The number of halogens is 3. The van der Waals surface area contributed by atoms with E-state index >= 15 is 0 Å². The molecule has 1 aliphatic carbocycles. The van der Waals surface area contributed by atoms with Crippen LogP contribution in [0.2, 0.25) is 0 Å². The molecule has 6 heteroatoms. The summed E-state index contributed by atoms with van der Waals surface area (Å²) in [4.78, 5) is 12.0. The van der Waals surface area contributed by atoms with Gasteiger partial charge in [0.1, 0.15) is 0 Å². The molecule has 0 aliphatic heterocycles. The zero-order valence-electron chi connectivity index (χ0n) is 15.8. The fraction of sp³-hybridized carbons (Fsp3) is 0.409. The molecule has 1 saturated carbocycles. The largest absolute Gasteiger partial charge is 0.416 e. The summed E-state index contributed by atoms with van der Waals surface area (Å²) < 4.78 is 39.4. The number of benzene rings is 2. The van der Waals surface area contributed by atoms with Crippen molar-refractivity contribution >= 4 is 5.91 Å². The lowest BCUT2D eigenvalue weighted by Crippen LogP contribution is -2.46. The molecule has 0 radical (unpaired) electrons. The number of hydrogen-bond donors (Lipinski definition) is 2. The van der Waals surface area contributed by atoms with Crippen molar-refractivity contribution in [3.05, 3.63) is 70.8 Å². The molecule has 2 aromatic rings. The zero-order valence-corrected chi connectivity index (χ0v) is 15.8. The molecule has 4 N–H and O–H groups in total. The molecule has 1 amide bonds. The van der Waals surface area contributed by atoms with Gasteiger partial charge in [0.15, 0.2) is 0 Å². The third-order valence-electron chi connectivity index (χ3n) is 6.30. The Labute approximate surface area is 162 Å². The first-order valence-corrected chi connectivity index (χ1v) is 9.45. The summed E-state index contributed by atoms with van der Waals surface area (Å²) in [5.74, 6) is -0.403. The number of nitrogens with two attached hydrogens (primary N) is 2. The minimum absolute atomic E-state index is 0.0784. The normalized spacial score (nSPS) is 25.5. The number of alkyl halides is 3. The monoisotopic (exact) mass is 390 g/mol. The van der Waals surface area contributed by atoms with Crippen molar-refractivity contribution in [2.75, 3.05) is 6.54 Å². The maximum absolute atomic E-state index is 13.1. The Morgan fingerprint density at radius 3 is 2.39 bits per heavy atom. The van der Waals surface area contributed by atoms with Crippen molar-refractivity contribution < 1.29 is 18.0 Å². The van der Waals surface area contributed by atoms with Crippen LogP contribution in [0.15, 0.2) is 48.5 Å². The summed E-state index contributed by atoms with van der Waals surface area (Å²) in [6, 6.07) is 13.5. The summed E-state index contributed by atoms with van der Waals surface area (Å²) in [5, 5.41) is 0. The summed E-state index contributed by atoms with van der Waals surface area (Å²) in [6.45, 7) is 2.31. The van der Waals surface area contributed by atoms with E-state index in [9.17, 15) is 18.0 Å². The van der Waals surface area contributed by atoms with Crippen molar-refractivity contribution in [1.29, 1.82) is 0 Å². The van der Waals surface area contributed by atoms with E-state index in [1.54, 1.807) is 0 Å². The van der Waals surface area contributed by atoms with Crippen molar-refractivity contribution in [2.24, 2.45) is 17.4 Å². The average Bonchev–Trinajstić information content (AvgIpc) is 2.67. The van der Waals surface area contributed by atoms with Crippen molar-refractivity contribution in [3.8, 4) is 0 Å². The van der Waals surface area contributed by atoms with Gasteiger partial charge in [0.2, 0.25) is 5.91 Å². The second kappa shape index (κ2) is 7.59. The fourth-order valence-electron chi connectivity index (χ4n) is 4.65. The van der Waals surface area contributed by atoms with Crippen LogP contribution in [0.25, 0.3) is 0 Å². The Morgan fingerprint density at radius 2 is 1.86 bits per heavy atom. The third kappa shape index (κ3) is 3.65. The van der Waals surface area contributed by atoms with Gasteiger partial charge >= 0.3 is 6.18 Å². The standard InChI is InChI=1S/C22H25F3N2O/c1-14-11-16(15-5-3-2-4-6-15)9-10-21(14,13-26)19-8-7-17(22(23,24)25)12-18(19)20(27)28/h2-8,12,14,16H,9-11,13,26H2,1H3,(H2,27,28). The molecule has 1 fully saturated rings. The molecule has 1 aliphatic rings. The van der Waals surface area contributed by atoms with Gasteiger partial charge in [-0.3, -0.25) is 4.79 Å². The number of primary amides is 1. The minimum atomic E-state index is -4.53.